The molecule has 0 atom stereocenters. The highest BCUT2D eigenvalue weighted by molar-refractivity contribution is 6.13. The van der Waals surface area contributed by atoms with Crippen LogP contribution in [0.15, 0.2) is 72.8 Å². The first-order valence-corrected chi connectivity index (χ1v) is 10.1. The third-order valence-corrected chi connectivity index (χ3v) is 5.26. The van der Waals surface area contributed by atoms with Crippen molar-refractivity contribution in [1.82, 2.24) is 4.98 Å². The molecule has 33 heavy (non-hydrogen) atoms. The van der Waals surface area contributed by atoms with E-state index in [0.29, 0.717) is 16.6 Å². The van der Waals surface area contributed by atoms with E-state index in [1.165, 1.54) is 5.56 Å². The maximum atomic E-state index is 13.2. The number of pyridine rings is 1. The number of rotatable bonds is 6. The summed E-state index contributed by atoms with van der Waals surface area (Å²) < 4.78 is 0. The molecule has 4 aromatic rings. The molecule has 0 radical (unpaired) electrons. The van der Waals surface area contributed by atoms with E-state index in [-0.39, 0.29) is 11.3 Å². The number of anilines is 1. The van der Waals surface area contributed by atoms with Crippen molar-refractivity contribution in [3.8, 4) is 11.3 Å². The van der Waals surface area contributed by atoms with Crippen LogP contribution in [0.2, 0.25) is 0 Å². The zero-order chi connectivity index (χ0) is 23.5. The number of para-hydroxylation sites is 1. The third kappa shape index (κ3) is 4.38. The molecule has 0 bridgehead atoms. The minimum absolute atomic E-state index is 0.134. The van der Waals surface area contributed by atoms with Crippen molar-refractivity contribution in [2.75, 3.05) is 5.32 Å². The molecule has 0 aliphatic heterocycles. The Morgan fingerprint density at radius 3 is 2.33 bits per heavy atom. The normalized spacial score (nSPS) is 10.7. The van der Waals surface area contributed by atoms with E-state index in [0.717, 1.165) is 30.2 Å². The van der Waals surface area contributed by atoms with Crippen LogP contribution in [-0.2, 0) is 6.42 Å². The number of aromatic nitrogens is 1. The quantitative estimate of drug-likeness (QED) is 0.309. The van der Waals surface area contributed by atoms with E-state index in [2.05, 4.69) is 17.2 Å². The predicted octanol–water partition coefficient (Wildman–Crippen LogP) is 5.53. The minimum atomic E-state index is -0.770. The van der Waals surface area contributed by atoms with Gasteiger partial charge in [0, 0.05) is 17.0 Å². The Labute approximate surface area is 188 Å². The lowest BCUT2D eigenvalue weighted by atomic mass is 10.0. The zero-order valence-electron chi connectivity index (χ0n) is 17.5. The van der Waals surface area contributed by atoms with Crippen LogP contribution in [0.25, 0.3) is 22.2 Å². The highest BCUT2D eigenvalue weighted by atomic mass is 16.6. The van der Waals surface area contributed by atoms with E-state index < -0.39 is 27.1 Å². The fourth-order valence-corrected chi connectivity index (χ4v) is 3.50. The predicted molar refractivity (Wildman–Crippen MR) is 124 cm³/mol. The molecule has 3 aromatic carbocycles. The number of carbonyl (C=O) groups is 1. The van der Waals surface area contributed by atoms with E-state index in [9.17, 15) is 25.0 Å². The maximum absolute atomic E-state index is 13.2. The molecule has 1 aromatic heterocycles. The summed E-state index contributed by atoms with van der Waals surface area (Å²) in [4.78, 5) is 38.8. The smallest absolute Gasteiger partial charge is 0.299 e. The summed E-state index contributed by atoms with van der Waals surface area (Å²) in [6.07, 6.45) is 0.896. The number of nitrogens with zero attached hydrogens (tertiary/aromatic N) is 3. The number of nitrogens with one attached hydrogen (secondary N) is 1. The van der Waals surface area contributed by atoms with Crippen molar-refractivity contribution in [3.63, 3.8) is 0 Å². The first-order chi connectivity index (χ1) is 15.9. The number of nitro benzene ring substituents is 2. The molecule has 9 heteroatoms. The Bertz CT molecular complexity index is 1400. The molecule has 1 amide bonds. The fraction of sp³-hybridized carbons (Fsp3) is 0.0833. The molecule has 0 fully saturated rings. The van der Waals surface area contributed by atoms with Crippen molar-refractivity contribution in [3.05, 3.63) is 104 Å². The van der Waals surface area contributed by atoms with Crippen LogP contribution in [0.5, 0.6) is 0 Å². The Morgan fingerprint density at radius 2 is 1.67 bits per heavy atom. The number of nitro groups is 2. The highest BCUT2D eigenvalue weighted by Crippen LogP contribution is 2.31. The number of aryl methyl sites for hydroxylation is 1. The summed E-state index contributed by atoms with van der Waals surface area (Å²) in [7, 11) is 0. The number of benzene rings is 3. The van der Waals surface area contributed by atoms with E-state index in [1.807, 2.05) is 30.3 Å². The van der Waals surface area contributed by atoms with Gasteiger partial charge in [-0.15, -0.1) is 0 Å². The molecule has 0 aliphatic rings. The van der Waals surface area contributed by atoms with Gasteiger partial charge < -0.3 is 5.32 Å². The molecule has 1 heterocycles. The zero-order valence-corrected chi connectivity index (χ0v) is 17.5. The van der Waals surface area contributed by atoms with Crippen LogP contribution < -0.4 is 5.32 Å². The van der Waals surface area contributed by atoms with Gasteiger partial charge in [0.1, 0.15) is 5.69 Å². The van der Waals surface area contributed by atoms with E-state index in [4.69, 9.17) is 0 Å². The van der Waals surface area contributed by atoms with Gasteiger partial charge in [-0.05, 0) is 30.2 Å². The summed E-state index contributed by atoms with van der Waals surface area (Å²) in [5.41, 5.74) is 2.32. The number of hydrogen-bond acceptors (Lipinski definition) is 6. The Morgan fingerprint density at radius 1 is 0.939 bits per heavy atom. The molecule has 164 valence electrons. The SMILES string of the molecule is CCc1ccc(-c2cc(C(=O)Nc3ccc([N+](=O)[O-])cc3[N+](=O)[O-])c3ccccc3n2)cc1. The third-order valence-electron chi connectivity index (χ3n) is 5.26. The lowest BCUT2D eigenvalue weighted by Gasteiger charge is -2.11. The van der Waals surface area contributed by atoms with Crippen LogP contribution in [0, 0.1) is 20.2 Å². The van der Waals surface area contributed by atoms with Crippen LogP contribution >= 0.6 is 0 Å². The largest absolute Gasteiger partial charge is 0.316 e. The highest BCUT2D eigenvalue weighted by Gasteiger charge is 2.22. The van der Waals surface area contributed by atoms with Gasteiger partial charge in [0.15, 0.2) is 0 Å². The second-order valence-corrected chi connectivity index (χ2v) is 7.29. The maximum Gasteiger partial charge on any atom is 0.299 e. The van der Waals surface area contributed by atoms with Crippen LogP contribution in [0.4, 0.5) is 17.1 Å². The van der Waals surface area contributed by atoms with Crippen LogP contribution in [-0.4, -0.2) is 20.7 Å². The van der Waals surface area contributed by atoms with Crippen molar-refractivity contribution in [1.29, 1.82) is 0 Å². The molecule has 9 nitrogen and oxygen atoms in total. The summed E-state index contributed by atoms with van der Waals surface area (Å²) in [5.74, 6) is -0.586. The van der Waals surface area contributed by atoms with Crippen molar-refractivity contribution in [2.24, 2.45) is 0 Å². The average Bonchev–Trinajstić information content (AvgIpc) is 2.83. The first kappa shape index (κ1) is 21.6. The summed E-state index contributed by atoms with van der Waals surface area (Å²) in [6.45, 7) is 2.06. The molecule has 0 aliphatic carbocycles. The summed E-state index contributed by atoms with van der Waals surface area (Å²) >= 11 is 0. The number of amides is 1. The number of non-ortho nitro benzene ring substituents is 1. The van der Waals surface area contributed by atoms with Gasteiger partial charge in [-0.2, -0.15) is 0 Å². The van der Waals surface area contributed by atoms with Gasteiger partial charge in [0.05, 0.1) is 32.7 Å². The van der Waals surface area contributed by atoms with Crippen molar-refractivity contribution >= 4 is 33.9 Å². The van der Waals surface area contributed by atoms with Gasteiger partial charge in [-0.1, -0.05) is 49.4 Å². The monoisotopic (exact) mass is 442 g/mol. The van der Waals surface area contributed by atoms with Gasteiger partial charge in [-0.25, -0.2) is 4.98 Å². The lowest BCUT2D eigenvalue weighted by Crippen LogP contribution is -2.14. The summed E-state index contributed by atoms with van der Waals surface area (Å²) in [5, 5.41) is 25.5. The van der Waals surface area contributed by atoms with Crippen molar-refractivity contribution < 1.29 is 14.6 Å². The molecule has 0 spiro atoms. The average molecular weight is 442 g/mol. The lowest BCUT2D eigenvalue weighted by molar-refractivity contribution is -0.393. The number of hydrogen-bond donors (Lipinski definition) is 1. The molecular weight excluding hydrogens is 424 g/mol. The van der Waals surface area contributed by atoms with Crippen LogP contribution in [0.1, 0.15) is 22.8 Å². The molecule has 0 saturated carbocycles. The van der Waals surface area contributed by atoms with Gasteiger partial charge in [0.2, 0.25) is 0 Å². The Hall–Kier alpha value is -4.66. The van der Waals surface area contributed by atoms with E-state index >= 15 is 0 Å². The molecule has 4 rings (SSSR count). The van der Waals surface area contributed by atoms with Crippen LogP contribution in [0.3, 0.4) is 0 Å². The first-order valence-electron chi connectivity index (χ1n) is 10.1. The van der Waals surface area contributed by atoms with Gasteiger partial charge in [0.25, 0.3) is 17.3 Å². The standard InChI is InChI=1S/C24H18N4O5/c1-2-15-7-9-16(10-8-15)22-14-19(18-5-3-4-6-20(18)25-22)24(29)26-21-12-11-17(27(30)31)13-23(21)28(32)33/h3-14H,2H2,1H3,(H,26,29). The molecule has 1 N–H and O–H groups in total. The Kier molecular flexibility index (Phi) is 5.77. The molecule has 0 saturated heterocycles. The topological polar surface area (TPSA) is 128 Å². The second kappa shape index (κ2) is 8.83. The fourth-order valence-electron chi connectivity index (χ4n) is 3.50. The number of carbonyl (C=O) groups excluding carboxylic acids is 1. The molecule has 0 unspecified atom stereocenters. The second-order valence-electron chi connectivity index (χ2n) is 7.29. The van der Waals surface area contributed by atoms with Gasteiger partial charge in [-0.3, -0.25) is 25.0 Å². The van der Waals surface area contributed by atoms with E-state index in [1.54, 1.807) is 24.3 Å². The van der Waals surface area contributed by atoms with Crippen molar-refractivity contribution in [2.45, 2.75) is 13.3 Å². The van der Waals surface area contributed by atoms with Gasteiger partial charge >= 0.3 is 0 Å². The minimum Gasteiger partial charge on any atom is -0.316 e. The Balaban J connectivity index is 1.78. The molecular formula is C24H18N4O5. The summed E-state index contributed by atoms with van der Waals surface area (Å²) in [6, 6.07) is 19.7. The number of fused-ring (bicyclic) bond motifs is 1.